The number of Topliss-reactive ketones (excluding diaryl/α,β-unsaturated/α-hetero) is 1. The van der Waals surface area contributed by atoms with E-state index < -0.39 is 17.4 Å². The Balaban J connectivity index is 1.93. The fraction of sp³-hybridized carbons (Fsp3) is 0.143. The minimum Gasteiger partial charge on any atom is -0.481 e. The molecule has 1 amide bonds. The topological polar surface area (TPSA) is 81.2 Å². The molecule has 1 N–H and O–H groups in total. The summed E-state index contributed by atoms with van der Waals surface area (Å²) in [5.74, 6) is -1.87. The molecule has 29 heavy (non-hydrogen) atoms. The molecule has 0 aliphatic rings. The van der Waals surface area contributed by atoms with Crippen molar-refractivity contribution < 1.29 is 23.1 Å². The molecular formula is C21H17F2N3O3. The number of rotatable bonds is 6. The number of nitrogens with zero attached hydrogens (tertiary/aromatic N) is 2. The summed E-state index contributed by atoms with van der Waals surface area (Å²) in [4.78, 5) is 32.0. The Morgan fingerprint density at radius 1 is 1.07 bits per heavy atom. The Hall–Kier alpha value is -3.68. The second-order valence-electron chi connectivity index (χ2n) is 6.23. The summed E-state index contributed by atoms with van der Waals surface area (Å²) in [6.07, 6.45) is 2.90. The van der Waals surface area contributed by atoms with Gasteiger partial charge in [-0.05, 0) is 35.9 Å². The molecule has 0 saturated carbocycles. The van der Waals surface area contributed by atoms with E-state index in [0.29, 0.717) is 28.6 Å². The summed E-state index contributed by atoms with van der Waals surface area (Å²) >= 11 is 0. The summed E-state index contributed by atoms with van der Waals surface area (Å²) in [5.41, 5.74) is 1.59. The molecule has 0 fully saturated rings. The number of nitrogens with one attached hydrogen (secondary N) is 1. The van der Waals surface area contributed by atoms with E-state index in [9.17, 15) is 18.4 Å². The van der Waals surface area contributed by atoms with Crippen LogP contribution >= 0.6 is 0 Å². The number of methoxy groups -OCH3 is 1. The Morgan fingerprint density at radius 3 is 2.55 bits per heavy atom. The SMILES string of the molecule is COc1ncc(-c2ccnc(NC(C)=O)c2)cc1CC(=O)c1ccc(F)cc1F. The first-order valence-electron chi connectivity index (χ1n) is 8.62. The monoisotopic (exact) mass is 397 g/mol. The molecular weight excluding hydrogens is 380 g/mol. The molecule has 2 aromatic heterocycles. The third kappa shape index (κ3) is 4.78. The highest BCUT2D eigenvalue weighted by atomic mass is 19.1. The predicted molar refractivity (Wildman–Crippen MR) is 103 cm³/mol. The van der Waals surface area contributed by atoms with Gasteiger partial charge in [-0.3, -0.25) is 9.59 Å². The van der Waals surface area contributed by atoms with Crippen LogP contribution in [-0.4, -0.2) is 28.8 Å². The third-order valence-corrected chi connectivity index (χ3v) is 4.10. The van der Waals surface area contributed by atoms with Gasteiger partial charge in [0.25, 0.3) is 0 Å². The highest BCUT2D eigenvalue weighted by Crippen LogP contribution is 2.27. The van der Waals surface area contributed by atoms with Gasteiger partial charge in [0.1, 0.15) is 17.5 Å². The van der Waals surface area contributed by atoms with Crippen LogP contribution < -0.4 is 10.1 Å². The van der Waals surface area contributed by atoms with Crippen molar-refractivity contribution in [3.05, 3.63) is 71.6 Å². The lowest BCUT2D eigenvalue weighted by Gasteiger charge is -2.11. The molecule has 1 aromatic carbocycles. The van der Waals surface area contributed by atoms with E-state index in [4.69, 9.17) is 4.74 Å². The first kappa shape index (κ1) is 20.1. The smallest absolute Gasteiger partial charge is 0.222 e. The van der Waals surface area contributed by atoms with Crippen LogP contribution in [0, 0.1) is 11.6 Å². The van der Waals surface area contributed by atoms with Gasteiger partial charge in [-0.15, -0.1) is 0 Å². The molecule has 0 atom stereocenters. The number of ether oxygens (including phenoxy) is 1. The average molecular weight is 397 g/mol. The maximum absolute atomic E-state index is 13.9. The van der Waals surface area contributed by atoms with Crippen LogP contribution in [0.5, 0.6) is 5.88 Å². The van der Waals surface area contributed by atoms with Gasteiger partial charge in [-0.2, -0.15) is 0 Å². The van der Waals surface area contributed by atoms with Crippen molar-refractivity contribution in [3.63, 3.8) is 0 Å². The van der Waals surface area contributed by atoms with Crippen LogP contribution in [0.25, 0.3) is 11.1 Å². The fourth-order valence-corrected chi connectivity index (χ4v) is 2.81. The number of carbonyl (C=O) groups excluding carboxylic acids is 2. The fourth-order valence-electron chi connectivity index (χ4n) is 2.81. The number of pyridine rings is 2. The Kier molecular flexibility index (Phi) is 5.92. The lowest BCUT2D eigenvalue weighted by Crippen LogP contribution is -2.09. The van der Waals surface area contributed by atoms with Crippen LogP contribution in [0.4, 0.5) is 14.6 Å². The first-order valence-corrected chi connectivity index (χ1v) is 8.62. The second-order valence-corrected chi connectivity index (χ2v) is 6.23. The Bertz CT molecular complexity index is 1090. The lowest BCUT2D eigenvalue weighted by molar-refractivity contribution is -0.114. The number of halogens is 2. The predicted octanol–water partition coefficient (Wildman–Crippen LogP) is 3.81. The highest BCUT2D eigenvalue weighted by molar-refractivity contribution is 5.98. The van der Waals surface area contributed by atoms with Crippen molar-refractivity contribution in [2.45, 2.75) is 13.3 Å². The maximum atomic E-state index is 13.9. The summed E-state index contributed by atoms with van der Waals surface area (Å²) in [6, 6.07) is 7.88. The molecule has 0 aliphatic carbocycles. The average Bonchev–Trinajstić information content (AvgIpc) is 2.67. The van der Waals surface area contributed by atoms with Crippen molar-refractivity contribution in [3.8, 4) is 17.0 Å². The standard InChI is InChI=1S/C21H17F2N3O3/c1-12(27)26-20-9-13(5-6-24-20)15-7-14(21(29-2)25-11-15)8-19(28)17-4-3-16(22)10-18(17)23/h3-7,9-11H,8H2,1-2H3,(H,24,26,27). The van der Waals surface area contributed by atoms with E-state index in [2.05, 4.69) is 15.3 Å². The van der Waals surface area contributed by atoms with Crippen LogP contribution in [0.2, 0.25) is 0 Å². The molecule has 0 saturated heterocycles. The summed E-state index contributed by atoms with van der Waals surface area (Å²) in [5, 5.41) is 2.60. The molecule has 6 nitrogen and oxygen atoms in total. The van der Waals surface area contributed by atoms with Gasteiger partial charge < -0.3 is 10.1 Å². The number of anilines is 1. The van der Waals surface area contributed by atoms with Gasteiger partial charge in [0.15, 0.2) is 5.78 Å². The van der Waals surface area contributed by atoms with Crippen molar-refractivity contribution in [1.82, 2.24) is 9.97 Å². The van der Waals surface area contributed by atoms with Gasteiger partial charge in [0, 0.05) is 42.9 Å². The zero-order valence-electron chi connectivity index (χ0n) is 15.7. The number of hydrogen-bond acceptors (Lipinski definition) is 5. The summed E-state index contributed by atoms with van der Waals surface area (Å²) in [6.45, 7) is 1.38. The Morgan fingerprint density at radius 2 is 1.86 bits per heavy atom. The number of ketones is 1. The molecule has 0 aliphatic heterocycles. The molecule has 0 spiro atoms. The summed E-state index contributed by atoms with van der Waals surface area (Å²) < 4.78 is 32.2. The van der Waals surface area contributed by atoms with Crippen LogP contribution in [-0.2, 0) is 11.2 Å². The van der Waals surface area contributed by atoms with Gasteiger partial charge in [0.05, 0.1) is 12.7 Å². The van der Waals surface area contributed by atoms with Gasteiger partial charge in [-0.25, -0.2) is 18.7 Å². The van der Waals surface area contributed by atoms with Crippen LogP contribution in [0.15, 0.2) is 48.8 Å². The molecule has 148 valence electrons. The minimum absolute atomic E-state index is 0.184. The number of hydrogen-bond donors (Lipinski definition) is 1. The summed E-state index contributed by atoms with van der Waals surface area (Å²) in [7, 11) is 1.41. The third-order valence-electron chi connectivity index (χ3n) is 4.10. The van der Waals surface area contributed by atoms with E-state index in [0.717, 1.165) is 12.1 Å². The lowest BCUT2D eigenvalue weighted by atomic mass is 10.0. The van der Waals surface area contributed by atoms with Crippen molar-refractivity contribution in [1.29, 1.82) is 0 Å². The van der Waals surface area contributed by atoms with E-state index >= 15 is 0 Å². The first-order chi connectivity index (χ1) is 13.9. The maximum Gasteiger partial charge on any atom is 0.222 e. The van der Waals surface area contributed by atoms with E-state index in [1.807, 2.05) is 0 Å². The van der Waals surface area contributed by atoms with Gasteiger partial charge >= 0.3 is 0 Å². The van der Waals surface area contributed by atoms with Crippen LogP contribution in [0.3, 0.4) is 0 Å². The van der Waals surface area contributed by atoms with E-state index in [-0.39, 0.29) is 23.8 Å². The van der Waals surface area contributed by atoms with Gasteiger partial charge in [-0.1, -0.05) is 0 Å². The molecule has 3 aromatic rings. The molecule has 0 bridgehead atoms. The molecule has 0 unspecified atom stereocenters. The molecule has 8 heteroatoms. The van der Waals surface area contributed by atoms with Gasteiger partial charge in [0.2, 0.25) is 11.8 Å². The van der Waals surface area contributed by atoms with Crippen molar-refractivity contribution >= 4 is 17.5 Å². The molecule has 0 radical (unpaired) electrons. The van der Waals surface area contributed by atoms with Crippen LogP contribution in [0.1, 0.15) is 22.8 Å². The van der Waals surface area contributed by atoms with Crippen molar-refractivity contribution in [2.24, 2.45) is 0 Å². The zero-order chi connectivity index (χ0) is 21.0. The van der Waals surface area contributed by atoms with E-state index in [1.54, 1.807) is 24.4 Å². The van der Waals surface area contributed by atoms with E-state index in [1.165, 1.54) is 20.2 Å². The Labute approximate surface area is 165 Å². The quantitative estimate of drug-likeness (QED) is 0.640. The second kappa shape index (κ2) is 8.55. The largest absolute Gasteiger partial charge is 0.481 e. The number of benzene rings is 1. The molecule has 2 heterocycles. The number of aromatic nitrogens is 2. The zero-order valence-corrected chi connectivity index (χ0v) is 15.7. The minimum atomic E-state index is -0.924. The normalized spacial score (nSPS) is 10.5. The number of carbonyl (C=O) groups is 2. The highest BCUT2D eigenvalue weighted by Gasteiger charge is 2.17. The van der Waals surface area contributed by atoms with Crippen molar-refractivity contribution in [2.75, 3.05) is 12.4 Å². The number of amides is 1. The molecule has 3 rings (SSSR count).